The molecule has 9 heteroatoms. The number of aromatic nitrogens is 4. The number of halogens is 1. The molecule has 1 amide bonds. The number of likely N-dealkylation sites (N-methyl/N-ethyl adjacent to an activating group) is 1. The van der Waals surface area contributed by atoms with Crippen molar-refractivity contribution >= 4 is 5.91 Å². The summed E-state index contributed by atoms with van der Waals surface area (Å²) in [5.74, 6) is 0.0694. The van der Waals surface area contributed by atoms with Crippen molar-refractivity contribution in [3.05, 3.63) is 53.4 Å². The average molecular weight is 372 g/mol. The molecule has 0 saturated carbocycles. The molecule has 3 aromatic rings. The fourth-order valence-corrected chi connectivity index (χ4v) is 2.71. The Balaban J connectivity index is 1.72. The van der Waals surface area contributed by atoms with Crippen LogP contribution >= 0.6 is 0 Å². The molecule has 2 atom stereocenters. The Morgan fingerprint density at radius 3 is 2.78 bits per heavy atom. The summed E-state index contributed by atoms with van der Waals surface area (Å²) in [6.45, 7) is 3.42. The minimum absolute atomic E-state index is 0.240. The lowest BCUT2D eigenvalue weighted by molar-refractivity contribution is -0.124. The predicted octanol–water partition coefficient (Wildman–Crippen LogP) is 2.06. The molecule has 0 saturated heterocycles. The van der Waals surface area contributed by atoms with E-state index >= 15 is 0 Å². The largest absolute Gasteiger partial charge is 0.343 e. The number of carbonyl (C=O) groups excluding carboxylic acids is 1. The van der Waals surface area contributed by atoms with Crippen LogP contribution in [0.3, 0.4) is 0 Å². The highest BCUT2D eigenvalue weighted by Crippen LogP contribution is 2.21. The van der Waals surface area contributed by atoms with E-state index in [4.69, 9.17) is 4.52 Å². The van der Waals surface area contributed by atoms with Gasteiger partial charge in [-0.25, -0.2) is 4.39 Å². The van der Waals surface area contributed by atoms with Gasteiger partial charge in [-0.05, 0) is 44.7 Å². The molecule has 1 aromatic carbocycles. The normalized spacial score (nSPS) is 13.4. The number of carbonyl (C=O) groups is 1. The first-order chi connectivity index (χ1) is 12.9. The monoisotopic (exact) mass is 372 g/mol. The number of aryl methyl sites for hydroxylation is 2. The van der Waals surface area contributed by atoms with E-state index in [0.717, 1.165) is 5.56 Å². The number of hydrogen-bond acceptors (Lipinski definition) is 6. The van der Waals surface area contributed by atoms with Crippen LogP contribution in [0.1, 0.15) is 36.0 Å². The number of nitrogens with one attached hydrogen (secondary N) is 2. The van der Waals surface area contributed by atoms with Crippen molar-refractivity contribution in [3.8, 4) is 11.4 Å². The van der Waals surface area contributed by atoms with Gasteiger partial charge in [-0.15, -0.1) is 0 Å². The lowest BCUT2D eigenvalue weighted by atomic mass is 10.1. The molecule has 3 rings (SSSR count). The van der Waals surface area contributed by atoms with Crippen LogP contribution in [-0.2, 0) is 11.8 Å². The first-order valence-corrected chi connectivity index (χ1v) is 8.45. The Morgan fingerprint density at radius 2 is 2.15 bits per heavy atom. The van der Waals surface area contributed by atoms with Crippen LogP contribution in [0.2, 0.25) is 0 Å². The van der Waals surface area contributed by atoms with Crippen LogP contribution in [-0.4, -0.2) is 32.9 Å². The molecule has 27 heavy (non-hydrogen) atoms. The third-order valence-corrected chi connectivity index (χ3v) is 4.20. The highest BCUT2D eigenvalue weighted by atomic mass is 19.1. The van der Waals surface area contributed by atoms with Crippen molar-refractivity contribution < 1.29 is 13.7 Å². The summed E-state index contributed by atoms with van der Waals surface area (Å²) in [7, 11) is 3.48. The molecule has 0 radical (unpaired) electrons. The number of rotatable bonds is 6. The number of hydrogen-bond donors (Lipinski definition) is 2. The Bertz CT molecular complexity index is 951. The second kappa shape index (κ2) is 7.67. The van der Waals surface area contributed by atoms with E-state index in [1.54, 1.807) is 57.2 Å². The van der Waals surface area contributed by atoms with Gasteiger partial charge in [-0.2, -0.15) is 10.1 Å². The average Bonchev–Trinajstić information content (AvgIpc) is 3.27. The molecular formula is C18H21FN6O2. The van der Waals surface area contributed by atoms with Gasteiger partial charge < -0.3 is 15.2 Å². The highest BCUT2D eigenvalue weighted by Gasteiger charge is 2.24. The zero-order chi connectivity index (χ0) is 19.6. The summed E-state index contributed by atoms with van der Waals surface area (Å²) >= 11 is 0. The second-order valence-corrected chi connectivity index (χ2v) is 6.32. The van der Waals surface area contributed by atoms with E-state index in [0.29, 0.717) is 17.0 Å². The van der Waals surface area contributed by atoms with Gasteiger partial charge in [0, 0.05) is 24.4 Å². The maximum absolute atomic E-state index is 13.4. The Labute approximate surface area is 155 Å². The summed E-state index contributed by atoms with van der Waals surface area (Å²) in [4.78, 5) is 16.9. The minimum atomic E-state index is -0.553. The molecule has 2 N–H and O–H groups in total. The molecule has 2 aromatic heterocycles. The van der Waals surface area contributed by atoms with Crippen LogP contribution in [0.25, 0.3) is 11.4 Å². The molecule has 2 heterocycles. The van der Waals surface area contributed by atoms with Crippen LogP contribution in [0.4, 0.5) is 4.39 Å². The maximum atomic E-state index is 13.4. The third kappa shape index (κ3) is 4.03. The maximum Gasteiger partial charge on any atom is 0.249 e. The van der Waals surface area contributed by atoms with E-state index in [2.05, 4.69) is 25.9 Å². The van der Waals surface area contributed by atoms with Gasteiger partial charge >= 0.3 is 0 Å². The summed E-state index contributed by atoms with van der Waals surface area (Å²) in [6.07, 6.45) is 3.40. The van der Waals surface area contributed by atoms with Crippen molar-refractivity contribution in [2.75, 3.05) is 7.05 Å². The van der Waals surface area contributed by atoms with Gasteiger partial charge in [-0.1, -0.05) is 5.16 Å². The number of nitrogens with zero attached hydrogens (tertiary/aromatic N) is 4. The van der Waals surface area contributed by atoms with E-state index in [1.165, 1.54) is 6.07 Å². The lowest BCUT2D eigenvalue weighted by Crippen LogP contribution is -2.37. The van der Waals surface area contributed by atoms with Crippen molar-refractivity contribution in [3.63, 3.8) is 0 Å². The van der Waals surface area contributed by atoms with Crippen LogP contribution < -0.4 is 10.6 Å². The molecule has 8 nitrogen and oxygen atoms in total. The van der Waals surface area contributed by atoms with Crippen molar-refractivity contribution in [1.82, 2.24) is 30.6 Å². The minimum Gasteiger partial charge on any atom is -0.343 e. The topological polar surface area (TPSA) is 97.9 Å². The second-order valence-electron chi connectivity index (χ2n) is 6.32. The molecule has 0 bridgehead atoms. The number of amides is 1. The number of benzene rings is 1. The van der Waals surface area contributed by atoms with Crippen molar-refractivity contribution in [2.45, 2.75) is 25.9 Å². The van der Waals surface area contributed by atoms with Gasteiger partial charge in [0.25, 0.3) is 0 Å². The fraction of sp³-hybridized carbons (Fsp3) is 0.333. The molecule has 142 valence electrons. The third-order valence-electron chi connectivity index (χ3n) is 4.20. The summed E-state index contributed by atoms with van der Waals surface area (Å²) < 4.78 is 20.3. The van der Waals surface area contributed by atoms with Crippen LogP contribution in [0.5, 0.6) is 0 Å². The first kappa shape index (κ1) is 18.7. The molecule has 0 fully saturated rings. The Kier molecular flexibility index (Phi) is 5.31. The SMILES string of the molecule is CNC(C(=O)NC(C)c1nc(-c2ccc(F)c(C)c2)no1)c1cnn(C)c1. The smallest absolute Gasteiger partial charge is 0.249 e. The first-order valence-electron chi connectivity index (χ1n) is 8.45. The van der Waals surface area contributed by atoms with Gasteiger partial charge in [0.05, 0.1) is 6.20 Å². The van der Waals surface area contributed by atoms with Gasteiger partial charge in [0.1, 0.15) is 17.9 Å². The summed E-state index contributed by atoms with van der Waals surface area (Å²) in [5, 5.41) is 13.8. The molecule has 2 unspecified atom stereocenters. The van der Waals surface area contributed by atoms with E-state index in [-0.39, 0.29) is 17.6 Å². The molecule has 0 spiro atoms. The summed E-state index contributed by atoms with van der Waals surface area (Å²) in [5.41, 5.74) is 1.89. The zero-order valence-corrected chi connectivity index (χ0v) is 15.5. The molecular weight excluding hydrogens is 351 g/mol. The van der Waals surface area contributed by atoms with E-state index in [9.17, 15) is 9.18 Å². The quantitative estimate of drug-likeness (QED) is 0.687. The van der Waals surface area contributed by atoms with Crippen LogP contribution in [0.15, 0.2) is 35.1 Å². The van der Waals surface area contributed by atoms with E-state index < -0.39 is 12.1 Å². The van der Waals surface area contributed by atoms with Crippen molar-refractivity contribution in [1.29, 1.82) is 0 Å². The fourth-order valence-electron chi connectivity index (χ4n) is 2.71. The van der Waals surface area contributed by atoms with Crippen LogP contribution in [0, 0.1) is 12.7 Å². The standard InChI is InChI=1S/C18H21FN6O2/c1-10-7-12(5-6-14(10)19)16-23-18(27-24-16)11(2)22-17(26)15(20-3)13-8-21-25(4)9-13/h5-9,11,15,20H,1-4H3,(H,22,26). The Hall–Kier alpha value is -3.07. The highest BCUT2D eigenvalue weighted by molar-refractivity contribution is 5.83. The van der Waals surface area contributed by atoms with Gasteiger partial charge in [0.2, 0.25) is 17.6 Å². The lowest BCUT2D eigenvalue weighted by Gasteiger charge is -2.16. The van der Waals surface area contributed by atoms with E-state index in [1.807, 2.05) is 0 Å². The van der Waals surface area contributed by atoms with Gasteiger partial charge in [-0.3, -0.25) is 9.48 Å². The summed E-state index contributed by atoms with van der Waals surface area (Å²) in [6, 6.07) is 3.54. The Morgan fingerprint density at radius 1 is 1.37 bits per heavy atom. The van der Waals surface area contributed by atoms with Crippen molar-refractivity contribution in [2.24, 2.45) is 7.05 Å². The van der Waals surface area contributed by atoms with Gasteiger partial charge in [0.15, 0.2) is 0 Å². The molecule has 0 aliphatic heterocycles. The zero-order valence-electron chi connectivity index (χ0n) is 15.5. The molecule has 0 aliphatic rings. The predicted molar refractivity (Wildman–Crippen MR) is 96.0 cm³/mol. The molecule has 0 aliphatic carbocycles.